The first-order valence-electron chi connectivity index (χ1n) is 9.74. The van der Waals surface area contributed by atoms with Crippen molar-refractivity contribution in [3.63, 3.8) is 0 Å². The number of nitrogens with zero attached hydrogens (tertiary/aromatic N) is 2. The van der Waals surface area contributed by atoms with Crippen LogP contribution in [0.2, 0.25) is 5.02 Å². The van der Waals surface area contributed by atoms with Gasteiger partial charge in [-0.2, -0.15) is 4.39 Å². The molecule has 2 aliphatic heterocycles. The summed E-state index contributed by atoms with van der Waals surface area (Å²) in [6.07, 6.45) is 4.78. The molecule has 6 nitrogen and oxygen atoms in total. The van der Waals surface area contributed by atoms with Crippen molar-refractivity contribution in [2.24, 2.45) is 0 Å². The van der Waals surface area contributed by atoms with Gasteiger partial charge >= 0.3 is 0 Å². The van der Waals surface area contributed by atoms with Gasteiger partial charge in [-0.1, -0.05) is 17.7 Å². The average molecular weight is 439 g/mol. The van der Waals surface area contributed by atoms with Crippen LogP contribution in [0.1, 0.15) is 31.2 Å². The lowest BCUT2D eigenvalue weighted by Crippen LogP contribution is -2.44. The van der Waals surface area contributed by atoms with E-state index in [1.807, 2.05) is 0 Å². The quantitative estimate of drug-likeness (QED) is 0.666. The summed E-state index contributed by atoms with van der Waals surface area (Å²) in [5, 5.41) is 3.78. The van der Waals surface area contributed by atoms with Crippen LogP contribution in [0, 0.1) is 12.9 Å². The normalized spacial score (nSPS) is 18.6. The van der Waals surface area contributed by atoms with Gasteiger partial charge in [0, 0.05) is 12.1 Å². The Balaban J connectivity index is 1.53. The number of sulfonamides is 1. The molecule has 0 radical (unpaired) electrons. The van der Waals surface area contributed by atoms with Gasteiger partial charge in [0.05, 0.1) is 15.6 Å². The zero-order valence-corrected chi connectivity index (χ0v) is 17.8. The molecule has 9 heteroatoms. The summed E-state index contributed by atoms with van der Waals surface area (Å²) in [5.74, 6) is -0.837. The second-order valence-electron chi connectivity index (χ2n) is 7.82. The van der Waals surface area contributed by atoms with Gasteiger partial charge < -0.3 is 5.32 Å². The van der Waals surface area contributed by atoms with Gasteiger partial charge in [-0.05, 0) is 75.5 Å². The Bertz CT molecular complexity index is 1020. The maximum Gasteiger partial charge on any atom is 0.263 e. The molecule has 1 aromatic heterocycles. The highest BCUT2D eigenvalue weighted by Crippen LogP contribution is 2.39. The monoisotopic (exact) mass is 438 g/mol. The highest BCUT2D eigenvalue weighted by Gasteiger charge is 2.43. The number of aromatic nitrogens is 1. The van der Waals surface area contributed by atoms with E-state index >= 15 is 0 Å². The number of fused-ring (bicyclic) bond motifs is 1. The lowest BCUT2D eigenvalue weighted by molar-refractivity contribution is 0.209. The highest BCUT2D eigenvalue weighted by atomic mass is 35.5. The van der Waals surface area contributed by atoms with E-state index in [2.05, 4.69) is 19.9 Å². The van der Waals surface area contributed by atoms with Crippen molar-refractivity contribution in [1.29, 1.82) is 0 Å². The first-order valence-corrected chi connectivity index (χ1v) is 11.6. The maximum absolute atomic E-state index is 13.3. The molecule has 2 saturated heterocycles. The van der Waals surface area contributed by atoms with Gasteiger partial charge in [0.25, 0.3) is 10.0 Å². The Kier molecular flexibility index (Phi) is 5.44. The second-order valence-corrected chi connectivity index (χ2v) is 9.88. The summed E-state index contributed by atoms with van der Waals surface area (Å²) in [5.41, 5.74) is 1.46. The van der Waals surface area contributed by atoms with Crippen LogP contribution in [-0.2, 0) is 10.0 Å². The maximum atomic E-state index is 13.3. The lowest BCUT2D eigenvalue weighted by Gasteiger charge is -2.32. The molecule has 29 heavy (non-hydrogen) atoms. The van der Waals surface area contributed by atoms with Crippen LogP contribution in [0.5, 0.6) is 0 Å². The van der Waals surface area contributed by atoms with Gasteiger partial charge in [0.2, 0.25) is 5.95 Å². The van der Waals surface area contributed by atoms with E-state index < -0.39 is 16.0 Å². The summed E-state index contributed by atoms with van der Waals surface area (Å²) in [7, 11) is -3.95. The molecule has 0 aliphatic carbocycles. The smallest absolute Gasteiger partial charge is 0.263 e. The number of halogens is 2. The predicted octanol–water partition coefficient (Wildman–Crippen LogP) is 4.02. The van der Waals surface area contributed by atoms with Crippen molar-refractivity contribution in [2.45, 2.75) is 43.0 Å². The zero-order valence-electron chi connectivity index (χ0n) is 16.2. The molecule has 0 atom stereocenters. The molecule has 2 N–H and O–H groups in total. The molecule has 156 valence electrons. The van der Waals surface area contributed by atoms with E-state index in [1.165, 1.54) is 43.9 Å². The third kappa shape index (κ3) is 4.06. The second kappa shape index (κ2) is 7.74. The van der Waals surface area contributed by atoms with Crippen molar-refractivity contribution in [3.8, 4) is 0 Å². The van der Waals surface area contributed by atoms with Crippen molar-refractivity contribution in [1.82, 2.24) is 9.88 Å². The summed E-state index contributed by atoms with van der Waals surface area (Å²) in [4.78, 5) is 6.14. The van der Waals surface area contributed by atoms with E-state index in [4.69, 9.17) is 11.6 Å². The molecule has 0 spiro atoms. The number of benzene rings is 1. The van der Waals surface area contributed by atoms with Crippen LogP contribution in [0.4, 0.5) is 15.9 Å². The average Bonchev–Trinajstić information content (AvgIpc) is 3.21. The van der Waals surface area contributed by atoms with Gasteiger partial charge in [0.15, 0.2) is 0 Å². The van der Waals surface area contributed by atoms with Crippen LogP contribution in [0.3, 0.4) is 0 Å². The molecule has 2 aromatic rings. The number of aryl methyl sites for hydroxylation is 1. The summed E-state index contributed by atoms with van der Waals surface area (Å²) in [6, 6.07) is 7.11. The molecule has 1 aromatic carbocycles. The number of nitrogens with one attached hydrogen (secondary N) is 2. The van der Waals surface area contributed by atoms with Crippen LogP contribution in [0.25, 0.3) is 0 Å². The lowest BCUT2D eigenvalue weighted by atomic mass is 9.94. The standard InChI is InChI=1S/C20H24ClFN4O2S/c1-14-11-16(23-13-20-7-3-9-26(20)10-4-8-20)15(21)12-17(14)29(27,28)25-19-6-2-5-18(22)24-19/h2,5-6,11-12,23H,3-4,7-10,13H2,1H3,(H,24,25). The molecule has 3 heterocycles. The number of hydrogen-bond acceptors (Lipinski definition) is 5. The highest BCUT2D eigenvalue weighted by molar-refractivity contribution is 7.92. The molecular formula is C20H24ClFN4O2S. The van der Waals surface area contributed by atoms with Gasteiger partial charge in [-0.25, -0.2) is 13.4 Å². The SMILES string of the molecule is Cc1cc(NCC23CCCN2CCC3)c(Cl)cc1S(=O)(=O)Nc1cccc(F)n1. The summed E-state index contributed by atoms with van der Waals surface area (Å²) >= 11 is 6.42. The van der Waals surface area contributed by atoms with Gasteiger partial charge in [0.1, 0.15) is 5.82 Å². The molecular weight excluding hydrogens is 415 g/mol. The number of rotatable bonds is 6. The molecule has 0 saturated carbocycles. The molecule has 2 aliphatic rings. The zero-order chi connectivity index (χ0) is 20.6. The van der Waals surface area contributed by atoms with E-state index in [9.17, 15) is 12.8 Å². The predicted molar refractivity (Wildman–Crippen MR) is 112 cm³/mol. The molecule has 0 bridgehead atoms. The Hall–Kier alpha value is -1.90. The minimum atomic E-state index is -3.95. The van der Waals surface area contributed by atoms with Crippen LogP contribution < -0.4 is 10.0 Å². The molecule has 2 fully saturated rings. The fourth-order valence-electron chi connectivity index (χ4n) is 4.52. The Morgan fingerprint density at radius 1 is 1.24 bits per heavy atom. The van der Waals surface area contributed by atoms with Crippen molar-refractivity contribution in [2.75, 3.05) is 29.7 Å². The number of pyridine rings is 1. The largest absolute Gasteiger partial charge is 0.382 e. The van der Waals surface area contributed by atoms with Crippen LogP contribution >= 0.6 is 11.6 Å². The minimum absolute atomic E-state index is 0.0423. The third-order valence-electron chi connectivity index (χ3n) is 5.93. The fraction of sp³-hybridized carbons (Fsp3) is 0.450. The number of hydrogen-bond donors (Lipinski definition) is 2. The third-order valence-corrected chi connectivity index (χ3v) is 7.74. The Morgan fingerprint density at radius 2 is 1.97 bits per heavy atom. The van der Waals surface area contributed by atoms with Crippen molar-refractivity contribution >= 4 is 33.1 Å². The Morgan fingerprint density at radius 3 is 2.66 bits per heavy atom. The Labute approximate surface area is 175 Å². The first kappa shape index (κ1) is 20.4. The van der Waals surface area contributed by atoms with E-state index in [-0.39, 0.29) is 16.3 Å². The van der Waals surface area contributed by atoms with E-state index in [1.54, 1.807) is 13.0 Å². The molecule has 0 unspecified atom stereocenters. The van der Waals surface area contributed by atoms with Crippen molar-refractivity contribution in [3.05, 3.63) is 46.9 Å². The van der Waals surface area contributed by atoms with Gasteiger partial charge in [-0.3, -0.25) is 9.62 Å². The topological polar surface area (TPSA) is 74.3 Å². The van der Waals surface area contributed by atoms with Crippen molar-refractivity contribution < 1.29 is 12.8 Å². The first-order chi connectivity index (χ1) is 13.8. The fourth-order valence-corrected chi connectivity index (χ4v) is 6.07. The van der Waals surface area contributed by atoms with E-state index in [0.717, 1.165) is 31.4 Å². The summed E-state index contributed by atoms with van der Waals surface area (Å²) < 4.78 is 41.1. The van der Waals surface area contributed by atoms with Gasteiger partial charge in [-0.15, -0.1) is 0 Å². The number of anilines is 2. The van der Waals surface area contributed by atoms with Crippen LogP contribution in [0.15, 0.2) is 35.2 Å². The van der Waals surface area contributed by atoms with Crippen LogP contribution in [-0.4, -0.2) is 43.5 Å². The molecule has 4 rings (SSSR count). The molecule has 0 amide bonds. The minimum Gasteiger partial charge on any atom is -0.382 e. The summed E-state index contributed by atoms with van der Waals surface area (Å²) in [6.45, 7) is 4.80. The van der Waals surface area contributed by atoms with E-state index in [0.29, 0.717) is 10.6 Å².